The van der Waals surface area contributed by atoms with E-state index in [0.29, 0.717) is 19.0 Å². The van der Waals surface area contributed by atoms with Crippen LogP contribution in [-0.2, 0) is 9.59 Å². The van der Waals surface area contributed by atoms with E-state index in [1.165, 1.54) is 5.56 Å². The van der Waals surface area contributed by atoms with Crippen LogP contribution in [0.15, 0.2) is 16.8 Å². The number of nitrogens with one attached hydrogen (secondary N) is 1. The molecule has 0 spiro atoms. The summed E-state index contributed by atoms with van der Waals surface area (Å²) >= 11 is 1.72. The lowest BCUT2D eigenvalue weighted by atomic mass is 10.1. The quantitative estimate of drug-likeness (QED) is 0.909. The van der Waals surface area contributed by atoms with Crippen molar-refractivity contribution in [1.82, 2.24) is 15.1 Å². The van der Waals surface area contributed by atoms with Gasteiger partial charge in [-0.1, -0.05) is 0 Å². The molecule has 1 aromatic heterocycles. The van der Waals surface area contributed by atoms with E-state index < -0.39 is 0 Å². The SMILES string of the molecule is C[C@H](c1ccsc1)N1CCN(C(=O)[C@H]2CNC(=O)C2)CC1. The molecular weight excluding hydrogens is 286 g/mol. The van der Waals surface area contributed by atoms with Crippen LogP contribution in [0.5, 0.6) is 0 Å². The van der Waals surface area contributed by atoms with Gasteiger partial charge in [0.25, 0.3) is 0 Å². The summed E-state index contributed by atoms with van der Waals surface area (Å²) in [5, 5.41) is 7.04. The fourth-order valence-electron chi connectivity index (χ4n) is 3.09. The lowest BCUT2D eigenvalue weighted by molar-refractivity contribution is -0.137. The standard InChI is InChI=1S/C15H21N3O2S/c1-11(12-2-7-21-10-12)17-3-5-18(6-4-17)15(20)13-8-14(19)16-9-13/h2,7,10-11,13H,3-6,8-9H2,1H3,(H,16,19)/t11-,13-/m1/s1. The molecule has 114 valence electrons. The molecule has 2 aliphatic rings. The molecular formula is C15H21N3O2S. The van der Waals surface area contributed by atoms with Gasteiger partial charge in [-0.25, -0.2) is 0 Å². The second-order valence-electron chi connectivity index (χ2n) is 5.80. The predicted octanol–water partition coefficient (Wildman–Crippen LogP) is 1.09. The van der Waals surface area contributed by atoms with Gasteiger partial charge in [0.05, 0.1) is 5.92 Å². The Morgan fingerprint density at radius 2 is 2.14 bits per heavy atom. The van der Waals surface area contributed by atoms with E-state index in [4.69, 9.17) is 0 Å². The number of carbonyl (C=O) groups is 2. The Bertz CT molecular complexity index is 509. The first-order chi connectivity index (χ1) is 10.1. The van der Waals surface area contributed by atoms with Gasteiger partial charge >= 0.3 is 0 Å². The first-order valence-electron chi connectivity index (χ1n) is 7.47. The Labute approximate surface area is 128 Å². The minimum atomic E-state index is -0.154. The van der Waals surface area contributed by atoms with Crippen LogP contribution in [0.3, 0.4) is 0 Å². The molecule has 0 saturated carbocycles. The van der Waals surface area contributed by atoms with Crippen LogP contribution in [0.4, 0.5) is 0 Å². The maximum atomic E-state index is 12.4. The molecule has 1 N–H and O–H groups in total. The van der Waals surface area contributed by atoms with E-state index in [1.54, 1.807) is 11.3 Å². The summed E-state index contributed by atoms with van der Waals surface area (Å²) in [6, 6.07) is 2.58. The highest BCUT2D eigenvalue weighted by Crippen LogP contribution is 2.24. The van der Waals surface area contributed by atoms with Crippen molar-refractivity contribution in [2.45, 2.75) is 19.4 Å². The summed E-state index contributed by atoms with van der Waals surface area (Å²) < 4.78 is 0. The number of hydrogen-bond acceptors (Lipinski definition) is 4. The maximum absolute atomic E-state index is 12.4. The second-order valence-corrected chi connectivity index (χ2v) is 6.58. The largest absolute Gasteiger partial charge is 0.355 e. The van der Waals surface area contributed by atoms with Gasteiger partial charge in [0.2, 0.25) is 11.8 Å². The molecule has 0 unspecified atom stereocenters. The molecule has 2 atom stereocenters. The number of hydrogen-bond donors (Lipinski definition) is 1. The fourth-order valence-corrected chi connectivity index (χ4v) is 3.84. The number of rotatable bonds is 3. The highest BCUT2D eigenvalue weighted by Gasteiger charge is 2.33. The molecule has 3 heterocycles. The molecule has 2 saturated heterocycles. The average molecular weight is 307 g/mol. The number of piperazine rings is 1. The first kappa shape index (κ1) is 14.5. The molecule has 6 heteroatoms. The zero-order valence-electron chi connectivity index (χ0n) is 12.2. The molecule has 1 aromatic rings. The third-order valence-corrected chi connectivity index (χ3v) is 5.23. The summed E-state index contributed by atoms with van der Waals surface area (Å²) in [4.78, 5) is 27.9. The van der Waals surface area contributed by atoms with Gasteiger partial charge in [0.1, 0.15) is 0 Å². The van der Waals surface area contributed by atoms with E-state index in [-0.39, 0.29) is 17.7 Å². The topological polar surface area (TPSA) is 52.6 Å². The Morgan fingerprint density at radius 1 is 1.38 bits per heavy atom. The van der Waals surface area contributed by atoms with Crippen molar-refractivity contribution in [2.24, 2.45) is 5.92 Å². The molecule has 21 heavy (non-hydrogen) atoms. The third-order valence-electron chi connectivity index (χ3n) is 4.53. The first-order valence-corrected chi connectivity index (χ1v) is 8.41. The van der Waals surface area contributed by atoms with E-state index >= 15 is 0 Å². The van der Waals surface area contributed by atoms with Crippen molar-refractivity contribution in [3.05, 3.63) is 22.4 Å². The minimum absolute atomic E-state index is 0.00179. The van der Waals surface area contributed by atoms with E-state index in [2.05, 4.69) is 34.0 Å². The highest BCUT2D eigenvalue weighted by molar-refractivity contribution is 7.07. The maximum Gasteiger partial charge on any atom is 0.228 e. The van der Waals surface area contributed by atoms with Crippen LogP contribution in [0.25, 0.3) is 0 Å². The van der Waals surface area contributed by atoms with Gasteiger partial charge in [-0.05, 0) is 29.3 Å². The molecule has 0 bridgehead atoms. The van der Waals surface area contributed by atoms with Crippen LogP contribution < -0.4 is 5.32 Å². The van der Waals surface area contributed by atoms with E-state index in [0.717, 1.165) is 26.2 Å². The van der Waals surface area contributed by atoms with Crippen molar-refractivity contribution in [3.8, 4) is 0 Å². The Hall–Kier alpha value is -1.40. The average Bonchev–Trinajstić information content (AvgIpc) is 3.17. The molecule has 2 aliphatic heterocycles. The number of thiophene rings is 1. The number of carbonyl (C=O) groups excluding carboxylic acids is 2. The third kappa shape index (κ3) is 3.11. The molecule has 5 nitrogen and oxygen atoms in total. The van der Waals surface area contributed by atoms with Crippen LogP contribution in [0, 0.1) is 5.92 Å². The number of amides is 2. The minimum Gasteiger partial charge on any atom is -0.355 e. The lowest BCUT2D eigenvalue weighted by Gasteiger charge is -2.38. The van der Waals surface area contributed by atoms with Gasteiger partial charge in [-0.15, -0.1) is 0 Å². The Morgan fingerprint density at radius 3 is 2.71 bits per heavy atom. The molecule has 2 fully saturated rings. The number of nitrogens with zero attached hydrogens (tertiary/aromatic N) is 2. The van der Waals surface area contributed by atoms with Crippen molar-refractivity contribution in [3.63, 3.8) is 0 Å². The van der Waals surface area contributed by atoms with Crippen molar-refractivity contribution in [1.29, 1.82) is 0 Å². The zero-order chi connectivity index (χ0) is 14.8. The summed E-state index contributed by atoms with van der Waals surface area (Å²) in [6.07, 6.45) is 0.352. The fraction of sp³-hybridized carbons (Fsp3) is 0.600. The second kappa shape index (κ2) is 6.15. The predicted molar refractivity (Wildman–Crippen MR) is 82.0 cm³/mol. The van der Waals surface area contributed by atoms with Crippen LogP contribution in [0.2, 0.25) is 0 Å². The monoisotopic (exact) mass is 307 g/mol. The smallest absolute Gasteiger partial charge is 0.228 e. The van der Waals surface area contributed by atoms with Crippen molar-refractivity contribution in [2.75, 3.05) is 32.7 Å². The Balaban J connectivity index is 1.53. The molecule has 0 aliphatic carbocycles. The van der Waals surface area contributed by atoms with Gasteiger partial charge in [0.15, 0.2) is 0 Å². The van der Waals surface area contributed by atoms with E-state index in [1.807, 2.05) is 4.90 Å². The van der Waals surface area contributed by atoms with E-state index in [9.17, 15) is 9.59 Å². The summed E-state index contributed by atoms with van der Waals surface area (Å²) in [5.41, 5.74) is 1.35. The van der Waals surface area contributed by atoms with Gasteiger partial charge < -0.3 is 10.2 Å². The van der Waals surface area contributed by atoms with Crippen molar-refractivity contribution >= 4 is 23.2 Å². The van der Waals surface area contributed by atoms with Gasteiger partial charge in [-0.2, -0.15) is 11.3 Å². The Kier molecular flexibility index (Phi) is 4.26. The molecule has 0 aromatic carbocycles. The van der Waals surface area contributed by atoms with Crippen LogP contribution >= 0.6 is 11.3 Å². The van der Waals surface area contributed by atoms with Gasteiger partial charge in [-0.3, -0.25) is 14.5 Å². The zero-order valence-corrected chi connectivity index (χ0v) is 13.1. The summed E-state index contributed by atoms with van der Waals surface area (Å²) in [5.74, 6) is -0.0207. The lowest BCUT2D eigenvalue weighted by Crippen LogP contribution is -2.51. The van der Waals surface area contributed by atoms with Crippen LogP contribution in [-0.4, -0.2) is 54.3 Å². The molecule has 0 radical (unpaired) electrons. The normalized spacial score (nSPS) is 24.9. The van der Waals surface area contributed by atoms with Crippen molar-refractivity contribution < 1.29 is 9.59 Å². The van der Waals surface area contributed by atoms with Crippen LogP contribution in [0.1, 0.15) is 24.9 Å². The molecule has 2 amide bonds. The summed E-state index contributed by atoms with van der Waals surface area (Å²) in [7, 11) is 0. The highest BCUT2D eigenvalue weighted by atomic mass is 32.1. The molecule has 3 rings (SSSR count). The summed E-state index contributed by atoms with van der Waals surface area (Å²) in [6.45, 7) is 6.05. The van der Waals surface area contributed by atoms with Gasteiger partial charge in [0, 0.05) is 45.2 Å².